The van der Waals surface area contributed by atoms with E-state index in [0.29, 0.717) is 13.0 Å². The molecule has 2 aromatic carbocycles. The normalized spacial score (nSPS) is 21.8. The summed E-state index contributed by atoms with van der Waals surface area (Å²) in [5.74, 6) is 0.239. The zero-order valence-electron chi connectivity index (χ0n) is 15.0. The van der Waals surface area contributed by atoms with Crippen LogP contribution in [0, 0.1) is 0 Å². The van der Waals surface area contributed by atoms with Crippen molar-refractivity contribution in [3.63, 3.8) is 0 Å². The van der Waals surface area contributed by atoms with Gasteiger partial charge in [-0.05, 0) is 42.8 Å². The Hall–Kier alpha value is -1.90. The van der Waals surface area contributed by atoms with Gasteiger partial charge >= 0.3 is 0 Å². The van der Waals surface area contributed by atoms with Gasteiger partial charge in [0.05, 0.1) is 28.8 Å². The first-order valence-corrected chi connectivity index (χ1v) is 12.0. The fourth-order valence-electron chi connectivity index (χ4n) is 3.33. The van der Waals surface area contributed by atoms with E-state index in [-0.39, 0.29) is 16.4 Å². The molecule has 2 aromatic rings. The lowest BCUT2D eigenvalue weighted by molar-refractivity contribution is 0.414. The number of methoxy groups -OCH3 is 1. The Labute approximate surface area is 160 Å². The molecule has 0 radical (unpaired) electrons. The van der Waals surface area contributed by atoms with Crippen LogP contribution in [0.25, 0.3) is 0 Å². The second-order valence-corrected chi connectivity index (χ2v) is 11.0. The maximum Gasteiger partial charge on any atom is 0.183 e. The Morgan fingerprint density at radius 2 is 1.81 bits per heavy atom. The van der Waals surface area contributed by atoms with Gasteiger partial charge in [-0.3, -0.25) is 0 Å². The molecule has 1 aliphatic rings. The lowest BCUT2D eigenvalue weighted by atomic mass is 10.1. The fourth-order valence-corrected chi connectivity index (χ4v) is 8.06. The molecule has 0 aromatic heterocycles. The van der Waals surface area contributed by atoms with Crippen LogP contribution in [0.1, 0.15) is 5.56 Å². The van der Waals surface area contributed by atoms with Crippen LogP contribution < -0.4 is 10.1 Å². The summed E-state index contributed by atoms with van der Waals surface area (Å²) in [5.41, 5.74) is 1.03. The average Bonchev–Trinajstić information content (AvgIpc) is 2.98. The van der Waals surface area contributed by atoms with Crippen molar-refractivity contribution in [2.24, 2.45) is 0 Å². The monoisotopic (exact) mass is 409 g/mol. The van der Waals surface area contributed by atoms with Crippen LogP contribution in [0.15, 0.2) is 59.5 Å². The van der Waals surface area contributed by atoms with E-state index in [1.807, 2.05) is 24.3 Å². The summed E-state index contributed by atoms with van der Waals surface area (Å²) in [6.45, 7) is 0.480. The highest BCUT2D eigenvalue weighted by Gasteiger charge is 2.45. The van der Waals surface area contributed by atoms with E-state index >= 15 is 0 Å². The SMILES string of the molecule is COc1cccc(CCN[C@@H]2CS(=O)(=O)C[C@H]2S(=O)(=O)c2ccccc2)c1. The van der Waals surface area contributed by atoms with Gasteiger partial charge in [-0.2, -0.15) is 0 Å². The molecule has 1 N–H and O–H groups in total. The minimum absolute atomic E-state index is 0.159. The Kier molecular flexibility index (Phi) is 5.88. The summed E-state index contributed by atoms with van der Waals surface area (Å²) in [5, 5.41) is 2.17. The summed E-state index contributed by atoms with van der Waals surface area (Å²) in [6.07, 6.45) is 0.645. The van der Waals surface area contributed by atoms with Gasteiger partial charge in [0.15, 0.2) is 19.7 Å². The van der Waals surface area contributed by atoms with Gasteiger partial charge in [-0.15, -0.1) is 0 Å². The highest BCUT2D eigenvalue weighted by Crippen LogP contribution is 2.26. The van der Waals surface area contributed by atoms with Crippen LogP contribution in [-0.4, -0.2) is 53.3 Å². The van der Waals surface area contributed by atoms with Crippen LogP contribution in [0.5, 0.6) is 5.75 Å². The molecular weight excluding hydrogens is 386 g/mol. The number of benzene rings is 2. The van der Waals surface area contributed by atoms with E-state index in [0.717, 1.165) is 11.3 Å². The third-order valence-corrected chi connectivity index (χ3v) is 8.89. The fraction of sp³-hybridized carbons (Fsp3) is 0.368. The summed E-state index contributed by atoms with van der Waals surface area (Å²) in [4.78, 5) is 0.159. The molecule has 0 bridgehead atoms. The van der Waals surface area contributed by atoms with Gasteiger partial charge in [-0.25, -0.2) is 16.8 Å². The molecule has 1 heterocycles. The number of rotatable bonds is 7. The quantitative estimate of drug-likeness (QED) is 0.745. The molecule has 6 nitrogen and oxygen atoms in total. The third kappa shape index (κ3) is 4.69. The standard InChI is InChI=1S/C19H23NO5S2/c1-25-16-7-5-6-15(12-16)10-11-20-18-13-26(21,22)14-19(18)27(23,24)17-8-3-2-4-9-17/h2-9,12,18-20H,10-11,13-14H2,1H3/t18-,19-/m1/s1. The molecule has 0 aliphatic carbocycles. The minimum atomic E-state index is -3.73. The van der Waals surface area contributed by atoms with E-state index in [1.165, 1.54) is 12.1 Å². The van der Waals surface area contributed by atoms with Crippen molar-refractivity contribution in [2.75, 3.05) is 25.2 Å². The van der Waals surface area contributed by atoms with E-state index in [1.54, 1.807) is 25.3 Å². The number of nitrogens with one attached hydrogen (secondary N) is 1. The van der Waals surface area contributed by atoms with Crippen molar-refractivity contribution in [1.82, 2.24) is 5.32 Å². The first-order chi connectivity index (χ1) is 12.8. The second kappa shape index (κ2) is 8.00. The second-order valence-electron chi connectivity index (χ2n) is 6.64. The molecule has 0 unspecified atom stereocenters. The van der Waals surface area contributed by atoms with Gasteiger partial charge < -0.3 is 10.1 Å². The van der Waals surface area contributed by atoms with E-state index in [2.05, 4.69) is 5.32 Å². The maximum atomic E-state index is 12.9. The van der Waals surface area contributed by atoms with E-state index in [4.69, 9.17) is 4.74 Å². The first-order valence-electron chi connectivity index (χ1n) is 8.67. The molecule has 1 aliphatic heterocycles. The lowest BCUT2D eigenvalue weighted by Crippen LogP contribution is -2.44. The predicted octanol–water partition coefficient (Wildman–Crippen LogP) is 1.47. The summed E-state index contributed by atoms with van der Waals surface area (Å²) < 4.78 is 55.3. The molecule has 1 fully saturated rings. The molecule has 146 valence electrons. The van der Waals surface area contributed by atoms with Crippen molar-refractivity contribution in [2.45, 2.75) is 22.6 Å². The van der Waals surface area contributed by atoms with Crippen LogP contribution in [0.3, 0.4) is 0 Å². The average molecular weight is 410 g/mol. The van der Waals surface area contributed by atoms with Crippen molar-refractivity contribution in [1.29, 1.82) is 0 Å². The number of hydrogen-bond acceptors (Lipinski definition) is 6. The zero-order valence-corrected chi connectivity index (χ0v) is 16.7. The van der Waals surface area contributed by atoms with Gasteiger partial charge in [-0.1, -0.05) is 30.3 Å². The van der Waals surface area contributed by atoms with E-state index < -0.39 is 31.0 Å². The number of ether oxygens (including phenoxy) is 1. The van der Waals surface area contributed by atoms with Gasteiger partial charge in [0.1, 0.15) is 5.75 Å². The van der Waals surface area contributed by atoms with E-state index in [9.17, 15) is 16.8 Å². The number of sulfone groups is 2. The maximum absolute atomic E-state index is 12.9. The summed E-state index contributed by atoms with van der Waals surface area (Å²) >= 11 is 0. The first kappa shape index (κ1) is 19.9. The zero-order chi connectivity index (χ0) is 19.5. The van der Waals surface area contributed by atoms with Crippen LogP contribution >= 0.6 is 0 Å². The molecule has 8 heteroatoms. The van der Waals surface area contributed by atoms with Crippen LogP contribution in [-0.2, 0) is 26.1 Å². The molecule has 3 rings (SSSR count). The Balaban J connectivity index is 1.73. The van der Waals surface area contributed by atoms with Crippen LogP contribution in [0.4, 0.5) is 0 Å². The minimum Gasteiger partial charge on any atom is -0.497 e. The van der Waals surface area contributed by atoms with Gasteiger partial charge in [0.2, 0.25) is 0 Å². The number of hydrogen-bond donors (Lipinski definition) is 1. The molecule has 0 saturated carbocycles. The van der Waals surface area contributed by atoms with Crippen molar-refractivity contribution < 1.29 is 21.6 Å². The van der Waals surface area contributed by atoms with Crippen molar-refractivity contribution >= 4 is 19.7 Å². The molecule has 1 saturated heterocycles. The van der Waals surface area contributed by atoms with Crippen LogP contribution in [0.2, 0.25) is 0 Å². The molecule has 27 heavy (non-hydrogen) atoms. The van der Waals surface area contributed by atoms with Crippen molar-refractivity contribution in [3.8, 4) is 5.75 Å². The smallest absolute Gasteiger partial charge is 0.183 e. The molecular formula is C19H23NO5S2. The third-order valence-electron chi connectivity index (χ3n) is 4.73. The molecule has 0 spiro atoms. The Bertz CT molecular complexity index is 988. The lowest BCUT2D eigenvalue weighted by Gasteiger charge is -2.20. The topological polar surface area (TPSA) is 89.5 Å². The van der Waals surface area contributed by atoms with Gasteiger partial charge in [0, 0.05) is 6.04 Å². The molecule has 2 atom stereocenters. The Morgan fingerprint density at radius 1 is 1.07 bits per heavy atom. The molecule has 0 amide bonds. The predicted molar refractivity (Wildman–Crippen MR) is 105 cm³/mol. The summed E-state index contributed by atoms with van der Waals surface area (Å²) in [7, 11) is -5.53. The highest BCUT2D eigenvalue weighted by atomic mass is 32.2. The summed E-state index contributed by atoms with van der Waals surface area (Å²) in [6, 6.07) is 15.0. The highest BCUT2D eigenvalue weighted by molar-refractivity contribution is 7.96. The van der Waals surface area contributed by atoms with Gasteiger partial charge in [0.25, 0.3) is 0 Å². The Morgan fingerprint density at radius 3 is 2.52 bits per heavy atom. The van der Waals surface area contributed by atoms with Crippen molar-refractivity contribution in [3.05, 3.63) is 60.2 Å². The largest absolute Gasteiger partial charge is 0.497 e.